The predicted molar refractivity (Wildman–Crippen MR) is 218 cm³/mol. The zero-order chi connectivity index (χ0) is 46.0. The zero-order valence-electron chi connectivity index (χ0n) is 40.7. The van der Waals surface area contributed by atoms with Gasteiger partial charge in [-0.2, -0.15) is 0 Å². The van der Waals surface area contributed by atoms with Gasteiger partial charge in [-0.05, 0) is 77.1 Å². The van der Waals surface area contributed by atoms with Crippen molar-refractivity contribution in [1.82, 2.24) is 9.97 Å². The predicted octanol–water partition coefficient (Wildman–Crippen LogP) is 10.0. The second-order valence-corrected chi connectivity index (χ2v) is 13.9. The van der Waals surface area contributed by atoms with Crippen molar-refractivity contribution in [1.29, 1.82) is 0 Å². The fraction of sp³-hybridized carbons (Fsp3) is 0.167. The van der Waals surface area contributed by atoms with Crippen molar-refractivity contribution in [2.75, 3.05) is 0 Å². The molecule has 6 heteroatoms. The van der Waals surface area contributed by atoms with Gasteiger partial charge in [-0.3, -0.25) is 0 Å². The first kappa shape index (κ1) is 25.7. The van der Waals surface area contributed by atoms with E-state index in [1.807, 2.05) is 75.4 Å². The molecule has 0 fully saturated rings. The molecule has 54 heavy (non-hydrogen) atoms. The van der Waals surface area contributed by atoms with Gasteiger partial charge >= 0.3 is 0 Å². The molecule has 0 spiro atoms. The van der Waals surface area contributed by atoms with Gasteiger partial charge in [0.15, 0.2) is 0 Å². The van der Waals surface area contributed by atoms with Crippen LogP contribution in [0, 0.1) is 38.1 Å². The molecular formula is C48H41BIrN2O2-2. The Hall–Kier alpha value is -5.29. The number of hydrogen-bond donors (Lipinski definition) is 0. The van der Waals surface area contributed by atoms with Crippen LogP contribution in [0.3, 0.4) is 0 Å². The number of nitrogens with zero attached hydrogens (tertiary/aromatic N) is 2. The van der Waals surface area contributed by atoms with Crippen LogP contribution in [0.1, 0.15) is 58.1 Å². The van der Waals surface area contributed by atoms with Crippen LogP contribution in [-0.2, 0) is 26.5 Å². The monoisotopic (exact) mass is 892 g/mol. The molecule has 2 aliphatic rings. The minimum Gasteiger partial charge on any atom is -0.503 e. The summed E-state index contributed by atoms with van der Waals surface area (Å²) in [5, 5.41) is 0. The molecule has 0 saturated carbocycles. The minimum atomic E-state index is -2.65. The standard InChI is InChI=1S/C28H23BNO2.C20H18N.Ir/c1-28(2,3)17-18-14-15-30-22(16-18)19-12-13-25-26-27(19)32-24-11-7-5-9-21(24)29(26)20-8-4-6-10-23(20)31-25;1-14-9-10-18(20-11-15(2)16(3)13-21-20)12-19(14)17-7-5-4-6-8-17;/h4-11,13-16H,17H2,1-3H3;4-9,11-13H,1-3H3;/q2*-1;/i17D2;1D3,2D3,3D3;. The average molecular weight is 892 g/mol. The van der Waals surface area contributed by atoms with Crippen molar-refractivity contribution < 1.29 is 44.7 Å². The number of ether oxygens (including phenoxy) is 2. The summed E-state index contributed by atoms with van der Waals surface area (Å²) in [6, 6.07) is 40.8. The number of rotatable bonds is 4. The van der Waals surface area contributed by atoms with E-state index >= 15 is 0 Å². The van der Waals surface area contributed by atoms with Crippen molar-refractivity contribution in [2.45, 2.75) is 47.7 Å². The number of hydrogen-bond acceptors (Lipinski definition) is 4. The Labute approximate surface area is 348 Å². The van der Waals surface area contributed by atoms with Crippen LogP contribution in [0.5, 0.6) is 23.0 Å². The van der Waals surface area contributed by atoms with E-state index in [1.54, 1.807) is 42.6 Å². The summed E-state index contributed by atoms with van der Waals surface area (Å²) in [5.74, 6) is 3.02. The molecule has 4 heterocycles. The molecular weight excluding hydrogens is 840 g/mol. The Morgan fingerprint density at radius 3 is 2.13 bits per heavy atom. The number of aryl methyl sites for hydroxylation is 3. The van der Waals surface area contributed by atoms with Gasteiger partial charge in [0.2, 0.25) is 6.71 Å². The molecule has 4 nitrogen and oxygen atoms in total. The van der Waals surface area contributed by atoms with E-state index in [4.69, 9.17) is 24.6 Å². The van der Waals surface area contributed by atoms with Gasteiger partial charge in [-0.25, -0.2) is 0 Å². The van der Waals surface area contributed by atoms with Crippen molar-refractivity contribution in [2.24, 2.45) is 5.41 Å². The van der Waals surface area contributed by atoms with Gasteiger partial charge in [0.05, 0.1) is 0 Å². The quantitative estimate of drug-likeness (QED) is 0.131. The third-order valence-corrected chi connectivity index (χ3v) is 9.02. The van der Waals surface area contributed by atoms with E-state index in [0.717, 1.165) is 39.8 Å². The minimum absolute atomic E-state index is 0. The summed E-state index contributed by atoms with van der Waals surface area (Å²) in [4.78, 5) is 8.73. The van der Waals surface area contributed by atoms with Crippen LogP contribution >= 0.6 is 0 Å². The van der Waals surface area contributed by atoms with Crippen LogP contribution in [0.15, 0.2) is 128 Å². The van der Waals surface area contributed by atoms with Gasteiger partial charge in [0, 0.05) is 59.1 Å². The molecule has 0 aliphatic carbocycles. The molecule has 5 aromatic carbocycles. The molecule has 0 saturated heterocycles. The molecule has 0 N–H and O–H groups in total. The van der Waals surface area contributed by atoms with Crippen LogP contribution in [-0.4, -0.2) is 16.7 Å². The van der Waals surface area contributed by atoms with Crippen LogP contribution in [0.2, 0.25) is 0 Å². The summed E-state index contributed by atoms with van der Waals surface area (Å²) >= 11 is 0. The van der Waals surface area contributed by atoms with Crippen LogP contribution < -0.4 is 25.9 Å². The largest absolute Gasteiger partial charge is 0.503 e. The van der Waals surface area contributed by atoms with E-state index in [-0.39, 0.29) is 49.2 Å². The molecule has 0 amide bonds. The van der Waals surface area contributed by atoms with Crippen LogP contribution in [0.25, 0.3) is 33.6 Å². The third kappa shape index (κ3) is 7.42. The molecule has 269 valence electrons. The molecule has 2 aliphatic heterocycles. The summed E-state index contributed by atoms with van der Waals surface area (Å²) in [5.41, 5.74) is 5.61. The average Bonchev–Trinajstić information content (AvgIpc) is 3.25. The maximum Gasteiger partial charge on any atom is 0.239 e. The van der Waals surface area contributed by atoms with Gasteiger partial charge in [0.25, 0.3) is 0 Å². The van der Waals surface area contributed by atoms with E-state index in [2.05, 4.69) is 34.2 Å². The number of fused-ring (bicyclic) bond motifs is 4. The van der Waals surface area contributed by atoms with E-state index < -0.39 is 32.3 Å². The van der Waals surface area contributed by atoms with Crippen molar-refractivity contribution in [3.8, 4) is 56.6 Å². The number of benzene rings is 5. The maximum atomic E-state index is 8.73. The first-order valence-electron chi connectivity index (χ1n) is 22.8. The third-order valence-electron chi connectivity index (χ3n) is 9.02. The van der Waals surface area contributed by atoms with Gasteiger partial charge in [0.1, 0.15) is 11.5 Å². The Morgan fingerprint density at radius 2 is 1.41 bits per heavy atom. The summed E-state index contributed by atoms with van der Waals surface area (Å²) in [7, 11) is 0. The topological polar surface area (TPSA) is 44.2 Å². The molecule has 2 aromatic heterocycles. The Bertz CT molecular complexity index is 2890. The molecule has 9 rings (SSSR count). The van der Waals surface area contributed by atoms with Crippen molar-refractivity contribution >= 4 is 23.1 Å². The molecule has 1 radical (unpaired) electrons. The second-order valence-electron chi connectivity index (χ2n) is 13.9. The number of para-hydroxylation sites is 2. The van der Waals surface area contributed by atoms with Crippen molar-refractivity contribution in [3.63, 3.8) is 0 Å². The fourth-order valence-corrected chi connectivity index (χ4v) is 6.69. The molecule has 0 unspecified atom stereocenters. The Kier molecular flexibility index (Phi) is 7.24. The molecule has 0 atom stereocenters. The first-order chi connectivity index (χ1) is 30.0. The number of aromatic nitrogens is 2. The SMILES string of the molecule is [2H]C([2H])([2H])c1c[c-]c(-c2cc(C([2H])([2H])[2H])c(C([2H])([2H])[2H])cn2)cc1-c1ccccc1.[2H]C([2H])(c1ccnc(-c2[c-]cc3c4c2Oc2ccccc2B4c2ccccc2O3)c1)C(C)(C)C.[Ir]. The zero-order valence-corrected chi connectivity index (χ0v) is 32.1. The normalized spacial score (nSPS) is 16.1. The van der Waals surface area contributed by atoms with Gasteiger partial charge < -0.3 is 19.4 Å². The summed E-state index contributed by atoms with van der Waals surface area (Å²) < 4.78 is 99.5. The molecule has 7 aromatic rings. The van der Waals surface area contributed by atoms with Crippen molar-refractivity contribution in [3.05, 3.63) is 162 Å². The van der Waals surface area contributed by atoms with Crippen LogP contribution in [0.4, 0.5) is 0 Å². The fourth-order valence-electron chi connectivity index (χ4n) is 6.69. The van der Waals surface area contributed by atoms with E-state index in [9.17, 15) is 0 Å². The Balaban J connectivity index is 0.000000193. The van der Waals surface area contributed by atoms with E-state index in [0.29, 0.717) is 39.3 Å². The first-order valence-corrected chi connectivity index (χ1v) is 17.3. The smallest absolute Gasteiger partial charge is 0.239 e. The van der Waals surface area contributed by atoms with E-state index in [1.165, 1.54) is 12.1 Å². The maximum absolute atomic E-state index is 8.73. The van der Waals surface area contributed by atoms with Gasteiger partial charge in [-0.1, -0.05) is 134 Å². The number of pyridine rings is 2. The summed E-state index contributed by atoms with van der Waals surface area (Å²) in [6.45, 7) is -1.97. The van der Waals surface area contributed by atoms with Gasteiger partial charge in [-0.15, -0.1) is 41.5 Å². The Morgan fingerprint density at radius 1 is 0.704 bits per heavy atom. The second kappa shape index (κ2) is 15.2. The molecule has 0 bridgehead atoms. The summed E-state index contributed by atoms with van der Waals surface area (Å²) in [6.07, 6.45) is 1.17.